The minimum atomic E-state index is -0.0584. The van der Waals surface area contributed by atoms with Crippen LogP contribution in [-0.2, 0) is 9.53 Å². The summed E-state index contributed by atoms with van der Waals surface area (Å²) in [5.74, 6) is 0.623. The summed E-state index contributed by atoms with van der Waals surface area (Å²) in [4.78, 5) is 14.4. The number of carbonyl (C=O) groups is 1. The van der Waals surface area contributed by atoms with Crippen molar-refractivity contribution in [1.29, 1.82) is 0 Å². The van der Waals surface area contributed by atoms with Crippen LogP contribution in [-0.4, -0.2) is 49.7 Å². The summed E-state index contributed by atoms with van der Waals surface area (Å²) < 4.78 is 5.23. The van der Waals surface area contributed by atoms with Crippen LogP contribution in [0.4, 0.5) is 0 Å². The number of nitrogens with one attached hydrogen (secondary N) is 1. The first-order valence-corrected chi connectivity index (χ1v) is 7.84. The van der Waals surface area contributed by atoms with E-state index in [9.17, 15) is 4.79 Å². The van der Waals surface area contributed by atoms with Gasteiger partial charge in [0.1, 0.15) is 6.04 Å². The molecular weight excluding hydrogens is 240 g/mol. The Labute approximate surface area is 117 Å². The molecule has 2 unspecified atom stereocenters. The van der Waals surface area contributed by atoms with Gasteiger partial charge in [0, 0.05) is 6.54 Å². The molecule has 19 heavy (non-hydrogen) atoms. The predicted molar refractivity (Wildman–Crippen MR) is 78.2 cm³/mol. The molecule has 1 aliphatic heterocycles. The lowest BCUT2D eigenvalue weighted by Crippen LogP contribution is -2.46. The van der Waals surface area contributed by atoms with Crippen LogP contribution in [0.2, 0.25) is 0 Å². The number of hydrogen-bond acceptors (Lipinski definition) is 4. The van der Waals surface area contributed by atoms with Gasteiger partial charge in [0.25, 0.3) is 0 Å². The van der Waals surface area contributed by atoms with E-state index in [4.69, 9.17) is 4.74 Å². The molecule has 0 aromatic rings. The van der Waals surface area contributed by atoms with E-state index in [0.29, 0.717) is 12.5 Å². The number of nitrogens with zero attached hydrogens (tertiary/aromatic N) is 1. The average molecular weight is 270 g/mol. The number of likely N-dealkylation sites (N-methyl/N-ethyl adjacent to an activating group) is 1. The van der Waals surface area contributed by atoms with Gasteiger partial charge < -0.3 is 10.1 Å². The molecule has 1 N–H and O–H groups in total. The summed E-state index contributed by atoms with van der Waals surface area (Å²) in [6, 6.07) is -0.0584. The van der Waals surface area contributed by atoms with Crippen molar-refractivity contribution < 1.29 is 9.53 Å². The Bertz CT molecular complexity index is 253. The molecule has 2 atom stereocenters. The monoisotopic (exact) mass is 270 g/mol. The zero-order chi connectivity index (χ0) is 14.1. The third-order valence-electron chi connectivity index (χ3n) is 3.86. The second-order valence-corrected chi connectivity index (χ2v) is 5.36. The highest BCUT2D eigenvalue weighted by Crippen LogP contribution is 2.16. The van der Waals surface area contributed by atoms with E-state index in [1.807, 2.05) is 6.92 Å². The lowest BCUT2D eigenvalue weighted by molar-refractivity contribution is -0.150. The predicted octanol–water partition coefficient (Wildman–Crippen LogP) is 2.04. The highest BCUT2D eigenvalue weighted by atomic mass is 16.5. The molecule has 1 heterocycles. The molecule has 1 aliphatic rings. The number of ether oxygens (including phenoxy) is 1. The van der Waals surface area contributed by atoms with E-state index < -0.39 is 0 Å². The number of carbonyl (C=O) groups excluding carboxylic acids is 1. The zero-order valence-electron chi connectivity index (χ0n) is 12.8. The molecule has 0 bridgehead atoms. The summed E-state index contributed by atoms with van der Waals surface area (Å²) >= 11 is 0. The van der Waals surface area contributed by atoms with Gasteiger partial charge in [-0.05, 0) is 51.7 Å². The van der Waals surface area contributed by atoms with Crippen LogP contribution in [0.25, 0.3) is 0 Å². The molecule has 112 valence electrons. The summed E-state index contributed by atoms with van der Waals surface area (Å²) in [6.07, 6.45) is 4.43. The van der Waals surface area contributed by atoms with Gasteiger partial charge in [-0.25, -0.2) is 0 Å². The SMILES string of the molecule is CCCC(C(=O)OCC)N(CC)CC1CCCNC1. The van der Waals surface area contributed by atoms with Gasteiger partial charge in [-0.2, -0.15) is 0 Å². The maximum absolute atomic E-state index is 12.1. The smallest absolute Gasteiger partial charge is 0.323 e. The van der Waals surface area contributed by atoms with Gasteiger partial charge in [0.15, 0.2) is 0 Å². The number of piperidine rings is 1. The van der Waals surface area contributed by atoms with Crippen molar-refractivity contribution in [2.75, 3.05) is 32.8 Å². The lowest BCUT2D eigenvalue weighted by atomic mass is 9.97. The highest BCUT2D eigenvalue weighted by Gasteiger charge is 2.27. The first-order chi connectivity index (χ1) is 9.22. The Balaban J connectivity index is 2.57. The molecule has 0 aromatic carbocycles. The fraction of sp³-hybridized carbons (Fsp3) is 0.933. The average Bonchev–Trinajstić information content (AvgIpc) is 2.44. The topological polar surface area (TPSA) is 41.6 Å². The molecule has 0 aliphatic carbocycles. The van der Waals surface area contributed by atoms with E-state index in [1.54, 1.807) is 0 Å². The van der Waals surface area contributed by atoms with Crippen LogP contribution in [0.5, 0.6) is 0 Å². The van der Waals surface area contributed by atoms with Crippen molar-refractivity contribution in [2.45, 2.75) is 52.5 Å². The van der Waals surface area contributed by atoms with E-state index in [0.717, 1.165) is 39.0 Å². The molecule has 4 heteroatoms. The zero-order valence-corrected chi connectivity index (χ0v) is 12.8. The molecular formula is C15H30N2O2. The molecule has 1 saturated heterocycles. The third kappa shape index (κ3) is 5.49. The largest absolute Gasteiger partial charge is 0.465 e. The fourth-order valence-electron chi connectivity index (χ4n) is 2.85. The minimum absolute atomic E-state index is 0.0463. The maximum Gasteiger partial charge on any atom is 0.323 e. The Morgan fingerprint density at radius 1 is 1.42 bits per heavy atom. The Morgan fingerprint density at radius 2 is 2.21 bits per heavy atom. The lowest BCUT2D eigenvalue weighted by Gasteiger charge is -2.33. The molecule has 1 rings (SSSR count). The van der Waals surface area contributed by atoms with Gasteiger partial charge in [-0.1, -0.05) is 20.3 Å². The molecule has 0 saturated carbocycles. The molecule has 4 nitrogen and oxygen atoms in total. The summed E-state index contributed by atoms with van der Waals surface area (Å²) in [6.45, 7) is 10.8. The molecule has 0 aromatic heterocycles. The number of esters is 1. The van der Waals surface area contributed by atoms with Crippen molar-refractivity contribution in [2.24, 2.45) is 5.92 Å². The molecule has 1 fully saturated rings. The fourth-order valence-corrected chi connectivity index (χ4v) is 2.85. The second-order valence-electron chi connectivity index (χ2n) is 5.36. The highest BCUT2D eigenvalue weighted by molar-refractivity contribution is 5.75. The van der Waals surface area contributed by atoms with E-state index >= 15 is 0 Å². The minimum Gasteiger partial charge on any atom is -0.465 e. The maximum atomic E-state index is 12.1. The Morgan fingerprint density at radius 3 is 2.74 bits per heavy atom. The summed E-state index contributed by atoms with van der Waals surface area (Å²) in [5, 5.41) is 3.45. The van der Waals surface area contributed by atoms with Gasteiger partial charge in [0.2, 0.25) is 0 Å². The summed E-state index contributed by atoms with van der Waals surface area (Å²) in [7, 11) is 0. The first kappa shape index (κ1) is 16.4. The Kier molecular flexibility index (Phi) is 8.07. The van der Waals surface area contributed by atoms with E-state index in [-0.39, 0.29) is 12.0 Å². The van der Waals surface area contributed by atoms with Crippen LogP contribution in [0.15, 0.2) is 0 Å². The first-order valence-electron chi connectivity index (χ1n) is 7.84. The Hall–Kier alpha value is -0.610. The van der Waals surface area contributed by atoms with Gasteiger partial charge in [0.05, 0.1) is 6.61 Å². The standard InChI is InChI=1S/C15H30N2O2/c1-4-8-14(15(18)19-6-3)17(5-2)12-13-9-7-10-16-11-13/h13-14,16H,4-12H2,1-3H3. The molecule has 0 spiro atoms. The van der Waals surface area contributed by atoms with E-state index in [1.165, 1.54) is 12.8 Å². The number of rotatable bonds is 8. The van der Waals surface area contributed by atoms with Gasteiger partial charge >= 0.3 is 5.97 Å². The normalized spacial score (nSPS) is 21.4. The van der Waals surface area contributed by atoms with Crippen LogP contribution in [0.3, 0.4) is 0 Å². The third-order valence-corrected chi connectivity index (χ3v) is 3.86. The van der Waals surface area contributed by atoms with Crippen molar-refractivity contribution in [3.63, 3.8) is 0 Å². The number of hydrogen-bond donors (Lipinski definition) is 1. The second kappa shape index (κ2) is 9.32. The van der Waals surface area contributed by atoms with Crippen LogP contribution < -0.4 is 5.32 Å². The van der Waals surface area contributed by atoms with Crippen LogP contribution in [0.1, 0.15) is 46.5 Å². The van der Waals surface area contributed by atoms with Gasteiger partial charge in [-0.15, -0.1) is 0 Å². The van der Waals surface area contributed by atoms with Crippen molar-refractivity contribution in [1.82, 2.24) is 10.2 Å². The van der Waals surface area contributed by atoms with E-state index in [2.05, 4.69) is 24.1 Å². The van der Waals surface area contributed by atoms with Gasteiger partial charge in [-0.3, -0.25) is 9.69 Å². The van der Waals surface area contributed by atoms with Crippen LogP contribution >= 0.6 is 0 Å². The quantitative estimate of drug-likeness (QED) is 0.685. The molecule has 0 amide bonds. The van der Waals surface area contributed by atoms with Crippen molar-refractivity contribution >= 4 is 5.97 Å². The van der Waals surface area contributed by atoms with Crippen molar-refractivity contribution in [3.05, 3.63) is 0 Å². The van der Waals surface area contributed by atoms with Crippen molar-refractivity contribution in [3.8, 4) is 0 Å². The van der Waals surface area contributed by atoms with Crippen LogP contribution in [0, 0.1) is 5.92 Å². The summed E-state index contributed by atoms with van der Waals surface area (Å²) in [5.41, 5.74) is 0. The molecule has 0 radical (unpaired) electrons.